The summed E-state index contributed by atoms with van der Waals surface area (Å²) < 4.78 is 5.23. The zero-order valence-electron chi connectivity index (χ0n) is 14.0. The number of nitrogens with one attached hydrogen (secondary N) is 1. The van der Waals surface area contributed by atoms with Gasteiger partial charge in [0.1, 0.15) is 0 Å². The van der Waals surface area contributed by atoms with Gasteiger partial charge in [-0.2, -0.15) is 5.10 Å². The van der Waals surface area contributed by atoms with E-state index in [2.05, 4.69) is 10.2 Å². The van der Waals surface area contributed by atoms with Gasteiger partial charge in [0.15, 0.2) is 11.4 Å². The summed E-state index contributed by atoms with van der Waals surface area (Å²) in [5.41, 5.74) is 1.16. The van der Waals surface area contributed by atoms with E-state index in [1.54, 1.807) is 0 Å². The normalized spacial score (nSPS) is 10.7. The topological polar surface area (TPSA) is 92.3 Å². The summed E-state index contributed by atoms with van der Waals surface area (Å²) in [7, 11) is 0. The summed E-state index contributed by atoms with van der Waals surface area (Å²) in [6.07, 6.45) is 1.46. The van der Waals surface area contributed by atoms with E-state index in [1.807, 2.05) is 60.7 Å². The van der Waals surface area contributed by atoms with Gasteiger partial charge in [0.05, 0.1) is 12.8 Å². The summed E-state index contributed by atoms with van der Waals surface area (Å²) in [5.74, 6) is -1.44. The molecule has 0 amide bonds. The number of aromatic amines is 1. The van der Waals surface area contributed by atoms with Gasteiger partial charge in [-0.3, -0.25) is 9.89 Å². The van der Waals surface area contributed by atoms with Crippen molar-refractivity contribution < 1.29 is 14.6 Å². The Morgan fingerprint density at radius 2 is 1.62 bits per heavy atom. The molecule has 2 N–H and O–H groups in total. The van der Waals surface area contributed by atoms with E-state index in [4.69, 9.17) is 4.74 Å². The Morgan fingerprint density at radius 3 is 2.19 bits per heavy atom. The highest BCUT2D eigenvalue weighted by atomic mass is 16.5. The minimum absolute atomic E-state index is 0.0618. The Labute approximate surface area is 150 Å². The summed E-state index contributed by atoms with van der Waals surface area (Å²) in [5, 5.41) is 15.5. The number of ether oxygens (including phenoxy) is 1. The molecule has 1 aromatic heterocycles. The fraction of sp³-hybridized carbons (Fsp3) is 0.150. The third kappa shape index (κ3) is 3.97. The number of esters is 1. The average Bonchev–Trinajstić information content (AvgIpc) is 2.68. The Kier molecular flexibility index (Phi) is 5.43. The van der Waals surface area contributed by atoms with Crippen LogP contribution in [0.5, 0.6) is 5.75 Å². The van der Waals surface area contributed by atoms with Crippen molar-refractivity contribution in [3.63, 3.8) is 0 Å². The first-order valence-corrected chi connectivity index (χ1v) is 8.20. The van der Waals surface area contributed by atoms with Crippen molar-refractivity contribution in [3.05, 3.63) is 93.9 Å². The number of H-pyrrole nitrogens is 1. The molecule has 26 heavy (non-hydrogen) atoms. The lowest BCUT2D eigenvalue weighted by Gasteiger charge is -2.18. The molecule has 3 aromatic rings. The van der Waals surface area contributed by atoms with Crippen LogP contribution in [0, 0.1) is 0 Å². The van der Waals surface area contributed by atoms with Crippen LogP contribution in [0.25, 0.3) is 0 Å². The Balaban J connectivity index is 1.72. The first-order chi connectivity index (χ1) is 12.7. The smallest absolute Gasteiger partial charge is 0.360 e. The highest BCUT2D eigenvalue weighted by molar-refractivity contribution is 5.89. The molecule has 0 atom stereocenters. The average molecular weight is 350 g/mol. The molecule has 2 aromatic carbocycles. The van der Waals surface area contributed by atoms with Crippen molar-refractivity contribution in [2.45, 2.75) is 12.3 Å². The zero-order valence-corrected chi connectivity index (χ0v) is 14.0. The van der Waals surface area contributed by atoms with Crippen molar-refractivity contribution in [2.24, 2.45) is 0 Å². The largest absolute Gasteiger partial charge is 0.502 e. The lowest BCUT2D eigenvalue weighted by molar-refractivity contribution is 0.0484. The lowest BCUT2D eigenvalue weighted by Crippen LogP contribution is -2.15. The summed E-state index contributed by atoms with van der Waals surface area (Å²) in [4.78, 5) is 23.4. The van der Waals surface area contributed by atoms with E-state index in [0.29, 0.717) is 6.42 Å². The molecule has 0 spiro atoms. The quantitative estimate of drug-likeness (QED) is 0.667. The van der Waals surface area contributed by atoms with Crippen LogP contribution in [0.15, 0.2) is 71.7 Å². The van der Waals surface area contributed by atoms with E-state index in [9.17, 15) is 14.7 Å². The maximum absolute atomic E-state index is 12.1. The Morgan fingerprint density at radius 1 is 1.04 bits per heavy atom. The second-order valence-electron chi connectivity index (χ2n) is 5.76. The predicted octanol–water partition coefficient (Wildman–Crippen LogP) is 2.85. The summed E-state index contributed by atoms with van der Waals surface area (Å²) in [6, 6.07) is 19.9. The van der Waals surface area contributed by atoms with Crippen molar-refractivity contribution in [1.29, 1.82) is 0 Å². The van der Waals surface area contributed by atoms with Gasteiger partial charge in [0.25, 0.3) is 0 Å². The number of aromatic hydroxyl groups is 1. The molecule has 3 rings (SSSR count). The van der Waals surface area contributed by atoms with Gasteiger partial charge in [0, 0.05) is 5.92 Å². The van der Waals surface area contributed by atoms with E-state index >= 15 is 0 Å². The number of benzene rings is 2. The first-order valence-electron chi connectivity index (χ1n) is 8.20. The van der Waals surface area contributed by atoms with Crippen molar-refractivity contribution in [1.82, 2.24) is 10.2 Å². The SMILES string of the molecule is O=C(OCCC(c1ccccc1)c1ccccc1)c1[nH]ncc(=O)c1O. The van der Waals surface area contributed by atoms with Gasteiger partial charge < -0.3 is 9.84 Å². The van der Waals surface area contributed by atoms with Gasteiger partial charge in [-0.1, -0.05) is 60.7 Å². The number of hydrogen-bond donors (Lipinski definition) is 2. The fourth-order valence-corrected chi connectivity index (χ4v) is 2.77. The van der Waals surface area contributed by atoms with Gasteiger partial charge in [-0.15, -0.1) is 0 Å². The van der Waals surface area contributed by atoms with Crippen molar-refractivity contribution >= 4 is 5.97 Å². The van der Waals surface area contributed by atoms with Crippen LogP contribution < -0.4 is 5.43 Å². The number of aromatic nitrogens is 2. The molecule has 6 nitrogen and oxygen atoms in total. The van der Waals surface area contributed by atoms with Crippen LogP contribution in [-0.2, 0) is 4.74 Å². The Hall–Kier alpha value is -3.41. The van der Waals surface area contributed by atoms with Gasteiger partial charge in [-0.05, 0) is 17.5 Å². The molecule has 0 fully saturated rings. The number of nitrogens with zero attached hydrogens (tertiary/aromatic N) is 1. The molecule has 0 saturated carbocycles. The molecule has 132 valence electrons. The summed E-state index contributed by atoms with van der Waals surface area (Å²) in [6.45, 7) is 0.129. The van der Waals surface area contributed by atoms with E-state index < -0.39 is 17.1 Å². The standard InChI is InChI=1S/C20H18N2O4/c23-17-13-21-22-18(19(17)24)20(25)26-12-11-16(14-7-3-1-4-8-14)15-9-5-2-6-10-15/h1-10,13,16H,11-12H2,(H,21,24)(H,22,23). The molecule has 0 unspecified atom stereocenters. The molecular weight excluding hydrogens is 332 g/mol. The fourth-order valence-electron chi connectivity index (χ4n) is 2.77. The van der Waals surface area contributed by atoms with E-state index in [-0.39, 0.29) is 18.2 Å². The number of carbonyl (C=O) groups excluding carboxylic acids is 1. The molecule has 0 aliphatic rings. The maximum Gasteiger partial charge on any atom is 0.360 e. The van der Waals surface area contributed by atoms with Gasteiger partial charge >= 0.3 is 5.97 Å². The van der Waals surface area contributed by atoms with Gasteiger partial charge in [0.2, 0.25) is 5.43 Å². The molecule has 6 heteroatoms. The highest BCUT2D eigenvalue weighted by Crippen LogP contribution is 2.27. The van der Waals surface area contributed by atoms with E-state index in [0.717, 1.165) is 17.3 Å². The second kappa shape index (κ2) is 8.11. The number of rotatable bonds is 6. The van der Waals surface area contributed by atoms with Crippen molar-refractivity contribution in [3.8, 4) is 5.75 Å². The zero-order chi connectivity index (χ0) is 18.4. The minimum Gasteiger partial charge on any atom is -0.502 e. The van der Waals surface area contributed by atoms with Crippen LogP contribution in [0.2, 0.25) is 0 Å². The lowest BCUT2D eigenvalue weighted by atomic mass is 9.89. The third-order valence-corrected chi connectivity index (χ3v) is 4.08. The van der Waals surface area contributed by atoms with Crippen molar-refractivity contribution in [2.75, 3.05) is 6.61 Å². The van der Waals surface area contributed by atoms with Crippen LogP contribution in [0.1, 0.15) is 34.0 Å². The predicted molar refractivity (Wildman–Crippen MR) is 96.1 cm³/mol. The first kappa shape index (κ1) is 17.4. The monoisotopic (exact) mass is 350 g/mol. The Bertz CT molecular complexity index is 884. The molecular formula is C20H18N2O4. The molecule has 0 saturated heterocycles. The molecule has 0 aliphatic carbocycles. The molecule has 0 aliphatic heterocycles. The third-order valence-electron chi connectivity index (χ3n) is 4.08. The van der Waals surface area contributed by atoms with Crippen LogP contribution in [0.4, 0.5) is 0 Å². The summed E-state index contributed by atoms with van der Waals surface area (Å²) >= 11 is 0. The van der Waals surface area contributed by atoms with Crippen LogP contribution >= 0.6 is 0 Å². The van der Waals surface area contributed by atoms with Crippen LogP contribution in [0.3, 0.4) is 0 Å². The maximum atomic E-state index is 12.1. The van der Waals surface area contributed by atoms with E-state index in [1.165, 1.54) is 0 Å². The molecule has 0 radical (unpaired) electrons. The second-order valence-corrected chi connectivity index (χ2v) is 5.76. The van der Waals surface area contributed by atoms with Crippen LogP contribution in [-0.4, -0.2) is 27.9 Å². The number of hydrogen-bond acceptors (Lipinski definition) is 5. The molecule has 1 heterocycles. The number of carbonyl (C=O) groups is 1. The van der Waals surface area contributed by atoms with Gasteiger partial charge in [-0.25, -0.2) is 4.79 Å². The molecule has 0 bridgehead atoms. The minimum atomic E-state index is -0.812. The highest BCUT2D eigenvalue weighted by Gasteiger charge is 2.18.